The van der Waals surface area contributed by atoms with Crippen molar-refractivity contribution in [3.8, 4) is 44.5 Å². The van der Waals surface area contributed by atoms with Gasteiger partial charge in [0.05, 0.1) is 0 Å². The molecular weight excluding hydrogens is 711 g/mol. The molecule has 0 atom stereocenters. The molecule has 0 saturated heterocycles. The van der Waals surface area contributed by atoms with Crippen molar-refractivity contribution in [1.82, 2.24) is 0 Å². The topological polar surface area (TPSA) is 3.24 Å². The van der Waals surface area contributed by atoms with Crippen molar-refractivity contribution < 1.29 is 0 Å². The van der Waals surface area contributed by atoms with E-state index in [-0.39, 0.29) is 0 Å². The van der Waals surface area contributed by atoms with Crippen LogP contribution in [-0.2, 0) is 0 Å². The quantitative estimate of drug-likeness (QED) is 0.147. The Labute approximate surface area is 344 Å². The van der Waals surface area contributed by atoms with Crippen LogP contribution in [0.25, 0.3) is 87.6 Å². The molecule has 0 fully saturated rings. The molecule has 0 aliphatic carbocycles. The minimum atomic E-state index is 1.10. The molecule has 59 heavy (non-hydrogen) atoms. The fourth-order valence-electron chi connectivity index (χ4n) is 9.05. The van der Waals surface area contributed by atoms with Crippen molar-refractivity contribution in [3.63, 3.8) is 0 Å². The third kappa shape index (κ3) is 6.21. The van der Waals surface area contributed by atoms with Gasteiger partial charge in [-0.25, -0.2) is 0 Å². The van der Waals surface area contributed by atoms with Gasteiger partial charge in [-0.05, 0) is 130 Å². The fraction of sp³-hybridized carbons (Fsp3) is 0. The van der Waals surface area contributed by atoms with Crippen molar-refractivity contribution in [2.45, 2.75) is 0 Å². The van der Waals surface area contributed by atoms with Crippen molar-refractivity contribution >= 4 is 60.2 Å². The van der Waals surface area contributed by atoms with Gasteiger partial charge in [-0.3, -0.25) is 0 Å². The highest BCUT2D eigenvalue weighted by Gasteiger charge is 2.21. The molecule has 0 amide bonds. The van der Waals surface area contributed by atoms with Crippen LogP contribution in [0.1, 0.15) is 0 Å². The average Bonchev–Trinajstić information content (AvgIpc) is 3.31. The first kappa shape index (κ1) is 34.5. The van der Waals surface area contributed by atoms with Gasteiger partial charge in [0.1, 0.15) is 0 Å². The van der Waals surface area contributed by atoms with Crippen LogP contribution in [0.4, 0.5) is 17.1 Å². The Hall–Kier alpha value is -7.74. The summed E-state index contributed by atoms with van der Waals surface area (Å²) in [7, 11) is 0. The van der Waals surface area contributed by atoms with Crippen LogP contribution < -0.4 is 4.90 Å². The highest BCUT2D eigenvalue weighted by atomic mass is 15.1. The summed E-state index contributed by atoms with van der Waals surface area (Å²) in [5.74, 6) is 0. The minimum absolute atomic E-state index is 1.10. The number of hydrogen-bond acceptors (Lipinski definition) is 1. The predicted molar refractivity (Wildman–Crippen MR) is 253 cm³/mol. The van der Waals surface area contributed by atoms with Gasteiger partial charge in [0, 0.05) is 17.1 Å². The monoisotopic (exact) mass is 749 g/mol. The zero-order chi connectivity index (χ0) is 39.1. The molecule has 0 aliphatic rings. The molecular formula is C58H39N. The van der Waals surface area contributed by atoms with E-state index in [1.54, 1.807) is 0 Å². The van der Waals surface area contributed by atoms with E-state index in [1.165, 1.54) is 87.6 Å². The van der Waals surface area contributed by atoms with Crippen LogP contribution in [0, 0.1) is 0 Å². The van der Waals surface area contributed by atoms with E-state index in [0.717, 1.165) is 17.1 Å². The Morgan fingerprint density at radius 3 is 1.49 bits per heavy atom. The summed E-state index contributed by atoms with van der Waals surface area (Å²) in [5.41, 5.74) is 13.0. The average molecular weight is 750 g/mol. The molecule has 0 spiro atoms. The first-order chi connectivity index (χ1) is 29.3. The molecule has 0 N–H and O–H groups in total. The number of nitrogens with zero attached hydrogens (tertiary/aromatic N) is 1. The molecule has 0 saturated carbocycles. The summed E-state index contributed by atoms with van der Waals surface area (Å²) >= 11 is 0. The number of anilines is 3. The molecule has 11 rings (SSSR count). The largest absolute Gasteiger partial charge is 0.310 e. The second-order valence-corrected chi connectivity index (χ2v) is 15.3. The Bertz CT molecular complexity index is 3310. The number of hydrogen-bond donors (Lipinski definition) is 0. The second-order valence-electron chi connectivity index (χ2n) is 15.3. The van der Waals surface area contributed by atoms with Gasteiger partial charge in [-0.1, -0.05) is 194 Å². The van der Waals surface area contributed by atoms with E-state index in [9.17, 15) is 0 Å². The third-order valence-corrected chi connectivity index (χ3v) is 11.8. The number of benzene rings is 11. The Kier molecular flexibility index (Phi) is 8.56. The fourth-order valence-corrected chi connectivity index (χ4v) is 9.05. The van der Waals surface area contributed by atoms with E-state index >= 15 is 0 Å². The summed E-state index contributed by atoms with van der Waals surface area (Å²) < 4.78 is 0. The molecule has 11 aromatic rings. The van der Waals surface area contributed by atoms with Crippen molar-refractivity contribution in [1.29, 1.82) is 0 Å². The summed E-state index contributed by atoms with van der Waals surface area (Å²) in [6.07, 6.45) is 0. The number of rotatable bonds is 7. The number of fused-ring (bicyclic) bond motifs is 5. The predicted octanol–water partition coefficient (Wildman–Crippen LogP) is 16.4. The minimum Gasteiger partial charge on any atom is -0.310 e. The molecule has 11 aromatic carbocycles. The van der Waals surface area contributed by atoms with E-state index in [1.807, 2.05) is 0 Å². The molecule has 0 aliphatic heterocycles. The molecule has 0 bridgehead atoms. The standard InChI is InChI=1S/C58H39N/c1-4-16-40(17-5-1)44-30-31-46-37-49(33-32-45(46)36-44)59(48-25-14-24-47(38-48)52-29-15-23-41-18-10-11-26-51(41)52)50-34-35-54-53-27-12-13-28-55(53)57(42-19-6-2-7-20-42)58(56(54)39-50)43-21-8-3-9-22-43/h1-39H. The summed E-state index contributed by atoms with van der Waals surface area (Å²) in [5, 5.41) is 9.84. The van der Waals surface area contributed by atoms with Crippen molar-refractivity contribution in [2.75, 3.05) is 4.90 Å². The molecule has 0 aromatic heterocycles. The maximum atomic E-state index is 2.44. The zero-order valence-corrected chi connectivity index (χ0v) is 32.5. The van der Waals surface area contributed by atoms with Crippen LogP contribution in [-0.4, -0.2) is 0 Å². The molecule has 1 nitrogen and oxygen atoms in total. The van der Waals surface area contributed by atoms with Crippen molar-refractivity contribution in [2.24, 2.45) is 0 Å². The lowest BCUT2D eigenvalue weighted by atomic mass is 9.85. The summed E-state index contributed by atoms with van der Waals surface area (Å²) in [6, 6.07) is 86.4. The van der Waals surface area contributed by atoms with Gasteiger partial charge in [-0.15, -0.1) is 0 Å². The third-order valence-electron chi connectivity index (χ3n) is 11.8. The molecule has 1 heteroatoms. The van der Waals surface area contributed by atoms with Gasteiger partial charge >= 0.3 is 0 Å². The zero-order valence-electron chi connectivity index (χ0n) is 32.5. The molecule has 276 valence electrons. The van der Waals surface area contributed by atoms with E-state index in [0.29, 0.717) is 0 Å². The maximum Gasteiger partial charge on any atom is 0.0468 e. The van der Waals surface area contributed by atoms with Crippen LogP contribution in [0.2, 0.25) is 0 Å². The van der Waals surface area contributed by atoms with Gasteiger partial charge in [0.25, 0.3) is 0 Å². The normalized spacial score (nSPS) is 11.4. The van der Waals surface area contributed by atoms with Crippen LogP contribution >= 0.6 is 0 Å². The first-order valence-electron chi connectivity index (χ1n) is 20.3. The van der Waals surface area contributed by atoms with Crippen LogP contribution in [0.15, 0.2) is 237 Å². The Morgan fingerprint density at radius 1 is 0.220 bits per heavy atom. The smallest absolute Gasteiger partial charge is 0.0468 e. The van der Waals surface area contributed by atoms with Gasteiger partial charge in [0.2, 0.25) is 0 Å². The van der Waals surface area contributed by atoms with Crippen LogP contribution in [0.5, 0.6) is 0 Å². The summed E-state index contributed by atoms with van der Waals surface area (Å²) in [4.78, 5) is 2.44. The highest BCUT2D eigenvalue weighted by molar-refractivity contribution is 6.22. The van der Waals surface area contributed by atoms with Gasteiger partial charge in [-0.2, -0.15) is 0 Å². The Balaban J connectivity index is 1.17. The molecule has 0 radical (unpaired) electrons. The SMILES string of the molecule is c1ccc(-c2ccc3cc(N(c4cccc(-c5cccc6ccccc56)c4)c4ccc5c(c4)c(-c4ccccc4)c(-c4ccccc4)c4ccccc45)ccc3c2)cc1. The summed E-state index contributed by atoms with van der Waals surface area (Å²) in [6.45, 7) is 0. The highest BCUT2D eigenvalue weighted by Crippen LogP contribution is 2.47. The lowest BCUT2D eigenvalue weighted by Crippen LogP contribution is -2.10. The Morgan fingerprint density at radius 2 is 0.729 bits per heavy atom. The maximum absolute atomic E-state index is 2.44. The van der Waals surface area contributed by atoms with E-state index in [2.05, 4.69) is 241 Å². The van der Waals surface area contributed by atoms with Gasteiger partial charge < -0.3 is 4.90 Å². The van der Waals surface area contributed by atoms with E-state index in [4.69, 9.17) is 0 Å². The van der Waals surface area contributed by atoms with E-state index < -0.39 is 0 Å². The van der Waals surface area contributed by atoms with Crippen molar-refractivity contribution in [3.05, 3.63) is 237 Å². The molecule has 0 unspecified atom stereocenters. The second kappa shape index (κ2) is 14.6. The molecule has 0 heterocycles. The first-order valence-corrected chi connectivity index (χ1v) is 20.3. The lowest BCUT2D eigenvalue weighted by molar-refractivity contribution is 1.29. The van der Waals surface area contributed by atoms with Gasteiger partial charge in [0.15, 0.2) is 0 Å². The van der Waals surface area contributed by atoms with Crippen LogP contribution in [0.3, 0.4) is 0 Å². The lowest BCUT2D eigenvalue weighted by Gasteiger charge is -2.28.